The second-order valence-electron chi connectivity index (χ2n) is 5.16. The summed E-state index contributed by atoms with van der Waals surface area (Å²) in [7, 11) is 2.78. The number of hydrogen-bond acceptors (Lipinski definition) is 8. The van der Waals surface area contributed by atoms with Crippen LogP contribution in [0.25, 0.3) is 10.9 Å². The normalized spacial score (nSPS) is 10.6. The van der Waals surface area contributed by atoms with Crippen LogP contribution in [0, 0.1) is 0 Å². The van der Waals surface area contributed by atoms with Crippen molar-refractivity contribution in [1.82, 2.24) is 9.97 Å². The summed E-state index contributed by atoms with van der Waals surface area (Å²) in [6.07, 6.45) is 1.59. The van der Waals surface area contributed by atoms with Crippen molar-refractivity contribution in [3.05, 3.63) is 41.6 Å². The van der Waals surface area contributed by atoms with E-state index in [1.807, 2.05) is 6.07 Å². The molecule has 1 N–H and O–H groups in total. The number of carbonyl (C=O) groups excluding carboxylic acids is 1. The van der Waals surface area contributed by atoms with Crippen molar-refractivity contribution in [2.75, 3.05) is 26.1 Å². The molecule has 0 bridgehead atoms. The van der Waals surface area contributed by atoms with Gasteiger partial charge in [0.25, 0.3) is 0 Å². The molecule has 0 aliphatic carbocycles. The Hall–Kier alpha value is -3.00. The molecule has 136 valence electrons. The minimum absolute atomic E-state index is 0.0877. The highest BCUT2D eigenvalue weighted by Crippen LogP contribution is 2.35. The van der Waals surface area contributed by atoms with Gasteiger partial charge in [-0.1, -0.05) is 0 Å². The number of nitrogens with zero attached hydrogens (tertiary/aromatic N) is 2. The summed E-state index contributed by atoms with van der Waals surface area (Å²) in [6.45, 7) is 0.168. The molecule has 3 aromatic rings. The summed E-state index contributed by atoms with van der Waals surface area (Å²) >= 11 is 6.02. The predicted molar refractivity (Wildman–Crippen MR) is 94.6 cm³/mol. The zero-order valence-electron chi connectivity index (χ0n) is 14.1. The minimum Gasteiger partial charge on any atom is -0.493 e. The van der Waals surface area contributed by atoms with Gasteiger partial charge in [-0.05, 0) is 29.8 Å². The summed E-state index contributed by atoms with van der Waals surface area (Å²) in [5, 5.41) is 3.90. The molecule has 0 atom stereocenters. The summed E-state index contributed by atoms with van der Waals surface area (Å²) in [5.74, 6) is 1.51. The van der Waals surface area contributed by atoms with Gasteiger partial charge in [-0.15, -0.1) is 0 Å². The Kier molecular flexibility index (Phi) is 5.43. The van der Waals surface area contributed by atoms with E-state index in [0.717, 1.165) is 5.76 Å². The first kappa shape index (κ1) is 17.8. The number of benzene rings is 1. The van der Waals surface area contributed by atoms with Crippen LogP contribution in [-0.2, 0) is 16.1 Å². The van der Waals surface area contributed by atoms with Crippen LogP contribution in [0.2, 0.25) is 5.28 Å². The number of esters is 1. The second-order valence-corrected chi connectivity index (χ2v) is 5.50. The third kappa shape index (κ3) is 3.97. The first-order valence-electron chi connectivity index (χ1n) is 7.62. The van der Waals surface area contributed by atoms with Gasteiger partial charge in [0.15, 0.2) is 18.1 Å². The lowest BCUT2D eigenvalue weighted by atomic mass is 10.2. The van der Waals surface area contributed by atoms with Crippen molar-refractivity contribution in [3.63, 3.8) is 0 Å². The van der Waals surface area contributed by atoms with E-state index in [2.05, 4.69) is 20.0 Å². The molecule has 3 rings (SSSR count). The molecule has 0 fully saturated rings. The van der Waals surface area contributed by atoms with Crippen molar-refractivity contribution < 1.29 is 23.4 Å². The van der Waals surface area contributed by atoms with Gasteiger partial charge < -0.3 is 23.9 Å². The summed E-state index contributed by atoms with van der Waals surface area (Å²) in [5.41, 5.74) is 0.564. The van der Waals surface area contributed by atoms with Crippen LogP contribution in [0.3, 0.4) is 0 Å². The van der Waals surface area contributed by atoms with Crippen LogP contribution in [0.15, 0.2) is 34.9 Å². The number of rotatable bonds is 7. The van der Waals surface area contributed by atoms with E-state index in [9.17, 15) is 4.79 Å². The summed E-state index contributed by atoms with van der Waals surface area (Å²) in [4.78, 5) is 19.8. The number of nitrogens with one attached hydrogen (secondary N) is 1. The molecule has 0 aliphatic rings. The maximum atomic E-state index is 11.3. The van der Waals surface area contributed by atoms with Crippen molar-refractivity contribution >= 4 is 34.3 Å². The molecule has 0 aliphatic heterocycles. The summed E-state index contributed by atoms with van der Waals surface area (Å²) in [6, 6.07) is 6.98. The topological polar surface area (TPSA) is 95.7 Å². The van der Waals surface area contributed by atoms with E-state index >= 15 is 0 Å². The highest BCUT2D eigenvalue weighted by Gasteiger charge is 2.14. The van der Waals surface area contributed by atoms with E-state index in [1.165, 1.54) is 14.2 Å². The van der Waals surface area contributed by atoms with E-state index in [4.69, 9.17) is 25.5 Å². The molecule has 1 aromatic carbocycles. The van der Waals surface area contributed by atoms with Crippen LogP contribution >= 0.6 is 11.6 Å². The van der Waals surface area contributed by atoms with Gasteiger partial charge in [-0.2, -0.15) is 0 Å². The van der Waals surface area contributed by atoms with Gasteiger partial charge in [0, 0.05) is 11.5 Å². The first-order valence-corrected chi connectivity index (χ1v) is 7.99. The average Bonchev–Trinajstić information content (AvgIpc) is 3.16. The number of methoxy groups -OCH3 is 2. The molecule has 0 saturated carbocycles. The number of fused-ring (bicyclic) bond motifs is 1. The molecule has 9 heteroatoms. The Labute approximate surface area is 154 Å². The molecule has 0 spiro atoms. The third-order valence-corrected chi connectivity index (χ3v) is 3.71. The fourth-order valence-electron chi connectivity index (χ4n) is 2.29. The standard InChI is InChI=1S/C17H16ClN3O5/c1-23-13-7-12-11(6-14(13)26-9-15(22)24-2)16(21-17(18)20-12)19-8-10-4-3-5-25-10/h3-7H,8-9H2,1-2H3,(H,19,20,21). The maximum absolute atomic E-state index is 11.3. The first-order chi connectivity index (χ1) is 12.6. The highest BCUT2D eigenvalue weighted by molar-refractivity contribution is 6.28. The number of carbonyl (C=O) groups is 1. The smallest absolute Gasteiger partial charge is 0.343 e. The van der Waals surface area contributed by atoms with Crippen LogP contribution in [-0.4, -0.2) is 36.8 Å². The van der Waals surface area contributed by atoms with Gasteiger partial charge in [0.2, 0.25) is 5.28 Å². The lowest BCUT2D eigenvalue weighted by Gasteiger charge is -2.13. The molecule has 2 heterocycles. The van der Waals surface area contributed by atoms with Gasteiger partial charge >= 0.3 is 5.97 Å². The molecule has 0 amide bonds. The van der Waals surface area contributed by atoms with Crippen molar-refractivity contribution in [2.24, 2.45) is 0 Å². The van der Waals surface area contributed by atoms with Crippen molar-refractivity contribution in [2.45, 2.75) is 6.54 Å². The Bertz CT molecular complexity index is 914. The van der Waals surface area contributed by atoms with E-state index < -0.39 is 5.97 Å². The van der Waals surface area contributed by atoms with E-state index in [1.54, 1.807) is 24.5 Å². The van der Waals surface area contributed by atoms with Gasteiger partial charge in [-0.3, -0.25) is 0 Å². The molecule has 26 heavy (non-hydrogen) atoms. The molecular formula is C17H16ClN3O5. The monoisotopic (exact) mass is 377 g/mol. The fraction of sp³-hybridized carbons (Fsp3) is 0.235. The Morgan fingerprint density at radius 1 is 1.27 bits per heavy atom. The fourth-order valence-corrected chi connectivity index (χ4v) is 2.47. The Morgan fingerprint density at radius 3 is 2.81 bits per heavy atom. The van der Waals surface area contributed by atoms with Crippen LogP contribution in [0.5, 0.6) is 11.5 Å². The lowest BCUT2D eigenvalue weighted by molar-refractivity contribution is -0.142. The van der Waals surface area contributed by atoms with E-state index in [0.29, 0.717) is 34.8 Å². The van der Waals surface area contributed by atoms with Gasteiger partial charge in [0.1, 0.15) is 11.6 Å². The third-order valence-electron chi connectivity index (χ3n) is 3.54. The average molecular weight is 378 g/mol. The number of aromatic nitrogens is 2. The zero-order chi connectivity index (χ0) is 18.5. The summed E-state index contributed by atoms with van der Waals surface area (Å²) < 4.78 is 20.7. The quantitative estimate of drug-likeness (QED) is 0.495. The predicted octanol–water partition coefficient (Wildman–Crippen LogP) is 3.05. The SMILES string of the molecule is COC(=O)COc1cc2c(NCc3ccco3)nc(Cl)nc2cc1OC. The van der Waals surface area contributed by atoms with Crippen LogP contribution in [0.4, 0.5) is 5.82 Å². The second kappa shape index (κ2) is 7.92. The number of halogens is 1. The molecule has 8 nitrogen and oxygen atoms in total. The van der Waals surface area contributed by atoms with Crippen LogP contribution < -0.4 is 14.8 Å². The maximum Gasteiger partial charge on any atom is 0.343 e. The number of ether oxygens (including phenoxy) is 3. The molecule has 0 radical (unpaired) electrons. The largest absolute Gasteiger partial charge is 0.493 e. The zero-order valence-corrected chi connectivity index (χ0v) is 14.9. The lowest BCUT2D eigenvalue weighted by Crippen LogP contribution is -2.13. The van der Waals surface area contributed by atoms with Crippen molar-refractivity contribution in [1.29, 1.82) is 0 Å². The van der Waals surface area contributed by atoms with Crippen LogP contribution in [0.1, 0.15) is 5.76 Å². The Morgan fingerprint density at radius 2 is 2.12 bits per heavy atom. The molecule has 2 aromatic heterocycles. The molecule has 0 unspecified atom stereocenters. The number of furan rings is 1. The van der Waals surface area contributed by atoms with Gasteiger partial charge in [-0.25, -0.2) is 14.8 Å². The number of hydrogen-bond donors (Lipinski definition) is 1. The highest BCUT2D eigenvalue weighted by atomic mass is 35.5. The van der Waals surface area contributed by atoms with Crippen molar-refractivity contribution in [3.8, 4) is 11.5 Å². The van der Waals surface area contributed by atoms with E-state index in [-0.39, 0.29) is 11.9 Å². The van der Waals surface area contributed by atoms with Gasteiger partial charge in [0.05, 0.1) is 32.5 Å². The minimum atomic E-state index is -0.504. The molecular weight excluding hydrogens is 362 g/mol. The number of anilines is 1. The molecule has 0 saturated heterocycles. The Balaban J connectivity index is 1.96.